The maximum Gasteiger partial charge on any atom is 0.100 e. The van der Waals surface area contributed by atoms with Gasteiger partial charge in [-0.05, 0) is 80.2 Å². The summed E-state index contributed by atoms with van der Waals surface area (Å²) in [7, 11) is 0. The van der Waals surface area contributed by atoms with Crippen molar-refractivity contribution < 1.29 is 0 Å². The molecule has 3 heteroatoms. The Kier molecular flexibility index (Phi) is 3.76. The summed E-state index contributed by atoms with van der Waals surface area (Å²) in [6.07, 6.45) is 15.9. The Bertz CT molecular complexity index is 1030. The highest BCUT2D eigenvalue weighted by atomic mass is 15.1. The number of allylic oxidation sites excluding steroid dienone is 3. The SMILES string of the molecule is C[C@]12CCC(N)CC1=CC[C@@H]1[C@@H]2CC[C@]2(C)C(n3cnc4ccccc43)=CC[C@@H]12. The number of nitrogens with zero attached hydrogens (tertiary/aromatic N) is 2. The Morgan fingerprint density at radius 2 is 1.83 bits per heavy atom. The molecule has 152 valence electrons. The number of benzene rings is 1. The molecule has 3 nitrogen and oxygen atoms in total. The van der Waals surface area contributed by atoms with E-state index < -0.39 is 0 Å². The zero-order chi connectivity index (χ0) is 19.8. The molecule has 0 spiro atoms. The lowest BCUT2D eigenvalue weighted by Crippen LogP contribution is -2.50. The molecule has 1 heterocycles. The van der Waals surface area contributed by atoms with Crippen LogP contribution in [0.25, 0.3) is 16.7 Å². The van der Waals surface area contributed by atoms with Gasteiger partial charge < -0.3 is 10.3 Å². The summed E-state index contributed by atoms with van der Waals surface area (Å²) < 4.78 is 2.39. The van der Waals surface area contributed by atoms with Gasteiger partial charge in [0.1, 0.15) is 6.33 Å². The minimum Gasteiger partial charge on any atom is -0.327 e. The van der Waals surface area contributed by atoms with Crippen LogP contribution in [0.15, 0.2) is 48.3 Å². The molecule has 6 rings (SSSR count). The maximum atomic E-state index is 6.34. The standard InChI is InChI=1S/C26H33N3/c1-25-13-11-18(27)15-17(25)7-8-19-20-9-10-24(26(20,2)14-12-21(19)25)29-16-28-22-5-3-4-6-23(22)29/h3-7,10,16,18-21H,8-9,11-15,27H2,1-2H3/t18?,19-,20-,21-,25-,26-/m0/s1. The van der Waals surface area contributed by atoms with Gasteiger partial charge in [0, 0.05) is 17.2 Å². The molecule has 6 atom stereocenters. The molecule has 4 aliphatic rings. The van der Waals surface area contributed by atoms with Gasteiger partial charge in [-0.25, -0.2) is 4.98 Å². The van der Waals surface area contributed by atoms with Gasteiger partial charge in [-0.1, -0.05) is 43.7 Å². The molecule has 2 fully saturated rings. The summed E-state index contributed by atoms with van der Waals surface area (Å²) >= 11 is 0. The molecule has 1 unspecified atom stereocenters. The predicted octanol–water partition coefficient (Wildman–Crippen LogP) is 5.78. The van der Waals surface area contributed by atoms with Gasteiger partial charge >= 0.3 is 0 Å². The summed E-state index contributed by atoms with van der Waals surface area (Å²) in [5, 5.41) is 0. The van der Waals surface area contributed by atoms with Crippen LogP contribution in [-0.2, 0) is 0 Å². The van der Waals surface area contributed by atoms with E-state index >= 15 is 0 Å². The number of hydrogen-bond acceptors (Lipinski definition) is 2. The number of para-hydroxylation sites is 2. The molecule has 0 saturated heterocycles. The van der Waals surface area contributed by atoms with Gasteiger partial charge in [0.25, 0.3) is 0 Å². The molecule has 0 aliphatic heterocycles. The van der Waals surface area contributed by atoms with E-state index in [2.05, 4.69) is 66.1 Å². The van der Waals surface area contributed by atoms with Crippen molar-refractivity contribution in [3.8, 4) is 0 Å². The Labute approximate surface area is 174 Å². The average Bonchev–Trinajstić information content (AvgIpc) is 3.29. The molecule has 0 radical (unpaired) electrons. The second kappa shape index (κ2) is 6.07. The van der Waals surface area contributed by atoms with Crippen LogP contribution in [0, 0.1) is 28.6 Å². The molecule has 2 N–H and O–H groups in total. The summed E-state index contributed by atoms with van der Waals surface area (Å²) in [5.74, 6) is 2.39. The highest BCUT2D eigenvalue weighted by Gasteiger charge is 2.57. The molecule has 4 aliphatic carbocycles. The van der Waals surface area contributed by atoms with E-state index in [1.807, 2.05) is 0 Å². The van der Waals surface area contributed by atoms with Crippen molar-refractivity contribution in [2.75, 3.05) is 0 Å². The molecular formula is C26H33N3. The largest absolute Gasteiger partial charge is 0.327 e. The number of fused-ring (bicyclic) bond motifs is 6. The summed E-state index contributed by atoms with van der Waals surface area (Å²) in [6, 6.07) is 8.94. The zero-order valence-electron chi connectivity index (χ0n) is 17.8. The minimum atomic E-state index is 0.261. The van der Waals surface area contributed by atoms with Crippen LogP contribution >= 0.6 is 0 Å². The van der Waals surface area contributed by atoms with Crippen LogP contribution in [-0.4, -0.2) is 15.6 Å². The van der Waals surface area contributed by atoms with Gasteiger partial charge in [-0.3, -0.25) is 0 Å². The highest BCUT2D eigenvalue weighted by Crippen LogP contribution is 2.65. The fraction of sp³-hybridized carbons (Fsp3) is 0.577. The minimum absolute atomic E-state index is 0.261. The van der Waals surface area contributed by atoms with Gasteiger partial charge in [-0.2, -0.15) is 0 Å². The van der Waals surface area contributed by atoms with Crippen LogP contribution in [0.2, 0.25) is 0 Å². The number of aromatic nitrogens is 2. The normalized spacial score (nSPS) is 41.3. The van der Waals surface area contributed by atoms with Crippen LogP contribution < -0.4 is 5.73 Å². The molecular weight excluding hydrogens is 354 g/mol. The third kappa shape index (κ3) is 2.37. The Morgan fingerprint density at radius 3 is 2.72 bits per heavy atom. The number of hydrogen-bond donors (Lipinski definition) is 1. The van der Waals surface area contributed by atoms with E-state index in [1.54, 1.807) is 5.57 Å². The van der Waals surface area contributed by atoms with Gasteiger partial charge in [0.15, 0.2) is 0 Å². The highest BCUT2D eigenvalue weighted by molar-refractivity contribution is 5.80. The molecule has 0 amide bonds. The van der Waals surface area contributed by atoms with Crippen LogP contribution in [0.1, 0.15) is 58.8 Å². The fourth-order valence-electron chi connectivity index (χ4n) is 7.76. The first kappa shape index (κ1) is 17.9. The van der Waals surface area contributed by atoms with Gasteiger partial charge in [-0.15, -0.1) is 0 Å². The smallest absolute Gasteiger partial charge is 0.100 e. The zero-order valence-corrected chi connectivity index (χ0v) is 17.8. The van der Waals surface area contributed by atoms with Crippen molar-refractivity contribution in [3.05, 3.63) is 48.3 Å². The van der Waals surface area contributed by atoms with E-state index in [0.717, 1.165) is 29.7 Å². The van der Waals surface area contributed by atoms with Gasteiger partial charge in [0.05, 0.1) is 11.0 Å². The van der Waals surface area contributed by atoms with Gasteiger partial charge in [0.2, 0.25) is 0 Å². The lowest BCUT2D eigenvalue weighted by Gasteiger charge is -2.57. The Morgan fingerprint density at radius 1 is 1.00 bits per heavy atom. The third-order valence-electron chi connectivity index (χ3n) is 9.40. The molecule has 29 heavy (non-hydrogen) atoms. The monoisotopic (exact) mass is 387 g/mol. The first-order chi connectivity index (χ1) is 14.0. The van der Waals surface area contributed by atoms with Crippen LogP contribution in [0.4, 0.5) is 0 Å². The molecule has 1 aromatic heterocycles. The number of rotatable bonds is 1. The van der Waals surface area contributed by atoms with E-state index in [9.17, 15) is 0 Å². The van der Waals surface area contributed by atoms with Crippen molar-refractivity contribution in [3.63, 3.8) is 0 Å². The number of imidazole rings is 1. The fourth-order valence-corrected chi connectivity index (χ4v) is 7.76. The second-order valence-electron chi connectivity index (χ2n) is 10.6. The Hall–Kier alpha value is -1.87. The first-order valence-corrected chi connectivity index (χ1v) is 11.6. The van der Waals surface area contributed by atoms with Crippen molar-refractivity contribution in [1.29, 1.82) is 0 Å². The second-order valence-corrected chi connectivity index (χ2v) is 10.6. The average molecular weight is 388 g/mol. The maximum absolute atomic E-state index is 6.34. The van der Waals surface area contributed by atoms with E-state index in [1.165, 1.54) is 49.7 Å². The summed E-state index contributed by atoms with van der Waals surface area (Å²) in [6.45, 7) is 5.11. The molecule has 2 saturated carbocycles. The van der Waals surface area contributed by atoms with Crippen molar-refractivity contribution in [1.82, 2.24) is 9.55 Å². The van der Waals surface area contributed by atoms with Crippen LogP contribution in [0.5, 0.6) is 0 Å². The van der Waals surface area contributed by atoms with E-state index in [0.29, 0.717) is 11.5 Å². The topological polar surface area (TPSA) is 43.8 Å². The molecule has 1 aromatic carbocycles. The van der Waals surface area contributed by atoms with Crippen molar-refractivity contribution in [2.24, 2.45) is 34.3 Å². The lowest BCUT2D eigenvalue weighted by atomic mass is 9.47. The first-order valence-electron chi connectivity index (χ1n) is 11.6. The quantitative estimate of drug-likeness (QED) is 0.631. The number of nitrogens with two attached hydrogens (primary N) is 1. The molecule has 0 bridgehead atoms. The van der Waals surface area contributed by atoms with E-state index in [4.69, 9.17) is 5.73 Å². The summed E-state index contributed by atoms with van der Waals surface area (Å²) in [4.78, 5) is 4.69. The van der Waals surface area contributed by atoms with Crippen molar-refractivity contribution >= 4 is 16.7 Å². The third-order valence-corrected chi connectivity index (χ3v) is 9.40. The van der Waals surface area contributed by atoms with Crippen molar-refractivity contribution in [2.45, 2.75) is 64.8 Å². The predicted molar refractivity (Wildman–Crippen MR) is 119 cm³/mol. The van der Waals surface area contributed by atoms with Crippen LogP contribution in [0.3, 0.4) is 0 Å². The lowest BCUT2D eigenvalue weighted by molar-refractivity contribution is -0.0126. The van der Waals surface area contributed by atoms with E-state index in [-0.39, 0.29) is 5.41 Å². The molecule has 2 aromatic rings. The Balaban J connectivity index is 1.36. The summed E-state index contributed by atoms with van der Waals surface area (Å²) in [5.41, 5.74) is 12.5.